The third-order valence-electron chi connectivity index (χ3n) is 6.50. The average molecular weight is 352 g/mol. The van der Waals surface area contributed by atoms with Crippen LogP contribution in [0.4, 0.5) is 5.82 Å². The Hall–Kier alpha value is -1.95. The molecule has 0 spiro atoms. The molecule has 4 heterocycles. The van der Waals surface area contributed by atoms with Crippen molar-refractivity contribution < 1.29 is 0 Å². The van der Waals surface area contributed by atoms with Crippen LogP contribution in [0.5, 0.6) is 0 Å². The van der Waals surface area contributed by atoms with Gasteiger partial charge in [0.2, 0.25) is 0 Å². The zero-order valence-electron chi connectivity index (χ0n) is 15.9. The number of hydrogen-bond acceptors (Lipinski definition) is 5. The van der Waals surface area contributed by atoms with Gasteiger partial charge >= 0.3 is 0 Å². The Balaban J connectivity index is 1.26. The number of fused-ring (bicyclic) bond motifs is 2. The van der Waals surface area contributed by atoms with Gasteiger partial charge in [0.1, 0.15) is 12.1 Å². The summed E-state index contributed by atoms with van der Waals surface area (Å²) in [6.45, 7) is 7.76. The molecule has 3 aliphatic rings. The number of aromatic nitrogens is 4. The lowest BCUT2D eigenvalue weighted by Gasteiger charge is -2.23. The topological polar surface area (TPSA) is 50.1 Å². The lowest BCUT2D eigenvalue weighted by Crippen LogP contribution is -2.30. The van der Waals surface area contributed by atoms with E-state index in [1.165, 1.54) is 50.2 Å². The standard InChI is InChI=1S/C20H28N6/c1-14-7-20(22-13-21-14)26-10-15-8-25(9-16(15)11-26)12-19-17-5-3-4-6-18(17)23-24(19)2/h7,13,15-16H,3-6,8-12H2,1-2H3. The summed E-state index contributed by atoms with van der Waals surface area (Å²) in [6.07, 6.45) is 6.71. The van der Waals surface area contributed by atoms with Crippen molar-refractivity contribution in [2.24, 2.45) is 18.9 Å². The summed E-state index contributed by atoms with van der Waals surface area (Å²) in [5, 5.41) is 4.79. The number of aryl methyl sites for hydroxylation is 3. The first-order valence-corrected chi connectivity index (χ1v) is 9.97. The van der Waals surface area contributed by atoms with E-state index in [1.54, 1.807) is 11.9 Å². The predicted octanol–water partition coefficient (Wildman–Crippen LogP) is 1.97. The summed E-state index contributed by atoms with van der Waals surface area (Å²) in [5.41, 5.74) is 5.42. The number of rotatable bonds is 3. The van der Waals surface area contributed by atoms with Crippen LogP contribution < -0.4 is 4.90 Å². The third kappa shape index (κ3) is 2.80. The van der Waals surface area contributed by atoms with Gasteiger partial charge in [-0.1, -0.05) is 0 Å². The molecule has 6 nitrogen and oxygen atoms in total. The van der Waals surface area contributed by atoms with E-state index < -0.39 is 0 Å². The van der Waals surface area contributed by atoms with Crippen molar-refractivity contribution >= 4 is 5.82 Å². The van der Waals surface area contributed by atoms with Crippen LogP contribution in [0, 0.1) is 18.8 Å². The zero-order valence-corrected chi connectivity index (χ0v) is 15.9. The summed E-state index contributed by atoms with van der Waals surface area (Å²) in [4.78, 5) is 13.8. The van der Waals surface area contributed by atoms with Crippen molar-refractivity contribution in [2.45, 2.75) is 39.2 Å². The third-order valence-corrected chi connectivity index (χ3v) is 6.50. The Morgan fingerprint density at radius 3 is 2.58 bits per heavy atom. The molecule has 5 rings (SSSR count). The van der Waals surface area contributed by atoms with Crippen molar-refractivity contribution in [2.75, 3.05) is 31.1 Å². The molecule has 2 unspecified atom stereocenters. The van der Waals surface area contributed by atoms with Crippen LogP contribution >= 0.6 is 0 Å². The van der Waals surface area contributed by atoms with Crippen molar-refractivity contribution in [3.8, 4) is 0 Å². The molecule has 6 heteroatoms. The highest BCUT2D eigenvalue weighted by atomic mass is 15.3. The van der Waals surface area contributed by atoms with E-state index in [9.17, 15) is 0 Å². The Bertz CT molecular complexity index is 799. The van der Waals surface area contributed by atoms with Gasteiger partial charge in [0.05, 0.1) is 11.4 Å². The van der Waals surface area contributed by atoms with Gasteiger partial charge in [-0.2, -0.15) is 5.10 Å². The van der Waals surface area contributed by atoms with Gasteiger partial charge in [-0.3, -0.25) is 9.58 Å². The lowest BCUT2D eigenvalue weighted by atomic mass is 9.96. The second-order valence-corrected chi connectivity index (χ2v) is 8.34. The maximum Gasteiger partial charge on any atom is 0.132 e. The molecule has 0 aromatic carbocycles. The van der Waals surface area contributed by atoms with Crippen LogP contribution in [-0.2, 0) is 26.4 Å². The minimum absolute atomic E-state index is 0.759. The Morgan fingerprint density at radius 1 is 1.04 bits per heavy atom. The molecule has 2 aromatic rings. The van der Waals surface area contributed by atoms with Crippen LogP contribution in [-0.4, -0.2) is 50.8 Å². The highest BCUT2D eigenvalue weighted by Crippen LogP contribution is 2.34. The van der Waals surface area contributed by atoms with Gasteiger partial charge in [-0.05, 0) is 50.0 Å². The van der Waals surface area contributed by atoms with Crippen LogP contribution in [0.15, 0.2) is 12.4 Å². The molecule has 26 heavy (non-hydrogen) atoms. The molecule has 138 valence electrons. The van der Waals surface area contributed by atoms with E-state index in [-0.39, 0.29) is 0 Å². The van der Waals surface area contributed by atoms with E-state index in [4.69, 9.17) is 5.10 Å². The van der Waals surface area contributed by atoms with Gasteiger partial charge < -0.3 is 4.90 Å². The number of nitrogens with zero attached hydrogens (tertiary/aromatic N) is 6. The Labute approximate surface area is 155 Å². The van der Waals surface area contributed by atoms with Crippen molar-refractivity contribution in [3.63, 3.8) is 0 Å². The molecule has 0 saturated carbocycles. The fourth-order valence-corrected chi connectivity index (χ4v) is 5.18. The molecule has 2 atom stereocenters. The first-order valence-electron chi connectivity index (χ1n) is 9.97. The molecule has 2 fully saturated rings. The smallest absolute Gasteiger partial charge is 0.132 e. The largest absolute Gasteiger partial charge is 0.356 e. The molecule has 2 aromatic heterocycles. The van der Waals surface area contributed by atoms with Gasteiger partial charge in [0, 0.05) is 51.5 Å². The first kappa shape index (κ1) is 16.2. The van der Waals surface area contributed by atoms with Crippen LogP contribution in [0.3, 0.4) is 0 Å². The van der Waals surface area contributed by atoms with Gasteiger partial charge in [-0.15, -0.1) is 0 Å². The van der Waals surface area contributed by atoms with Crippen molar-refractivity contribution in [1.29, 1.82) is 0 Å². The fraction of sp³-hybridized carbons (Fsp3) is 0.650. The summed E-state index contributed by atoms with van der Waals surface area (Å²) < 4.78 is 2.15. The molecule has 0 amide bonds. The quantitative estimate of drug-likeness (QED) is 0.845. The Kier molecular flexibility index (Phi) is 3.96. The summed E-state index contributed by atoms with van der Waals surface area (Å²) >= 11 is 0. The molecular formula is C20H28N6. The van der Waals surface area contributed by atoms with Crippen LogP contribution in [0.25, 0.3) is 0 Å². The molecule has 2 aliphatic heterocycles. The van der Waals surface area contributed by atoms with Gasteiger partial charge in [0.25, 0.3) is 0 Å². The fourth-order valence-electron chi connectivity index (χ4n) is 5.18. The van der Waals surface area contributed by atoms with Gasteiger partial charge in [-0.25, -0.2) is 9.97 Å². The summed E-state index contributed by atoms with van der Waals surface area (Å²) in [7, 11) is 2.13. The Morgan fingerprint density at radius 2 is 1.81 bits per heavy atom. The number of hydrogen-bond donors (Lipinski definition) is 0. The highest BCUT2D eigenvalue weighted by molar-refractivity contribution is 5.40. The molecule has 0 radical (unpaired) electrons. The first-order chi connectivity index (χ1) is 12.7. The lowest BCUT2D eigenvalue weighted by molar-refractivity contribution is 0.299. The number of anilines is 1. The minimum atomic E-state index is 0.759. The SMILES string of the molecule is Cc1cc(N2CC3CN(Cc4c5c(nn4C)CCCC5)CC3C2)ncn1. The maximum absolute atomic E-state index is 4.79. The number of likely N-dealkylation sites (tertiary alicyclic amines) is 1. The van der Waals surface area contributed by atoms with E-state index in [0.29, 0.717) is 0 Å². The summed E-state index contributed by atoms with van der Waals surface area (Å²) in [6, 6.07) is 2.11. The monoisotopic (exact) mass is 352 g/mol. The summed E-state index contributed by atoms with van der Waals surface area (Å²) in [5.74, 6) is 2.61. The average Bonchev–Trinajstić information content (AvgIpc) is 3.27. The highest BCUT2D eigenvalue weighted by Gasteiger charge is 2.40. The van der Waals surface area contributed by atoms with Crippen molar-refractivity contribution in [1.82, 2.24) is 24.6 Å². The predicted molar refractivity (Wildman–Crippen MR) is 101 cm³/mol. The van der Waals surface area contributed by atoms with Crippen LogP contribution in [0.1, 0.15) is 35.5 Å². The van der Waals surface area contributed by atoms with E-state index in [2.05, 4.69) is 37.6 Å². The molecule has 0 bridgehead atoms. The van der Waals surface area contributed by atoms with Gasteiger partial charge in [0.15, 0.2) is 0 Å². The molecule has 2 saturated heterocycles. The van der Waals surface area contributed by atoms with Crippen LogP contribution in [0.2, 0.25) is 0 Å². The maximum atomic E-state index is 4.79. The molecular weight excluding hydrogens is 324 g/mol. The van der Waals surface area contributed by atoms with E-state index >= 15 is 0 Å². The minimum Gasteiger partial charge on any atom is -0.356 e. The molecule has 1 aliphatic carbocycles. The second kappa shape index (κ2) is 6.34. The second-order valence-electron chi connectivity index (χ2n) is 8.34. The molecule has 0 N–H and O–H groups in total. The zero-order chi connectivity index (χ0) is 17.7. The van der Waals surface area contributed by atoms with E-state index in [0.717, 1.165) is 43.0 Å². The van der Waals surface area contributed by atoms with E-state index in [1.807, 2.05) is 6.92 Å². The normalized spacial score (nSPS) is 25.5. The van der Waals surface area contributed by atoms with Crippen molar-refractivity contribution in [3.05, 3.63) is 35.0 Å².